The van der Waals surface area contributed by atoms with Gasteiger partial charge >= 0.3 is 0 Å². The Balaban J connectivity index is 1.81. The third-order valence-electron chi connectivity index (χ3n) is 5.57. The van der Waals surface area contributed by atoms with Crippen LogP contribution < -0.4 is 0 Å². The number of rotatable bonds is 4. The van der Waals surface area contributed by atoms with Crippen molar-refractivity contribution >= 4 is 5.57 Å². The Morgan fingerprint density at radius 3 is 2.64 bits per heavy atom. The van der Waals surface area contributed by atoms with Crippen LogP contribution in [-0.2, 0) is 4.74 Å². The van der Waals surface area contributed by atoms with Crippen molar-refractivity contribution in [1.29, 1.82) is 0 Å². The van der Waals surface area contributed by atoms with Gasteiger partial charge in [0, 0.05) is 12.2 Å². The molecule has 0 saturated heterocycles. The number of nitrogens with zero attached hydrogens (tertiary/aromatic N) is 1. The van der Waals surface area contributed by atoms with Crippen LogP contribution in [-0.4, -0.2) is 23.6 Å². The predicted octanol–water partition coefficient (Wildman–Crippen LogP) is 5.46. The van der Waals surface area contributed by atoms with E-state index in [9.17, 15) is 0 Å². The molecular weight excluding hydrogens is 306 g/mol. The Kier molecular flexibility index (Phi) is 4.29. The van der Waals surface area contributed by atoms with E-state index in [4.69, 9.17) is 4.74 Å². The van der Waals surface area contributed by atoms with Gasteiger partial charge in [0.15, 0.2) is 0 Å². The first-order chi connectivity index (χ1) is 12.3. The van der Waals surface area contributed by atoms with E-state index in [1.165, 1.54) is 48.1 Å². The SMILES string of the molecule is CCOC1=CC(c2ccccc2)=CC12C=CC1=C(CCCC1)N2CC. The number of allylic oxidation sites excluding steroid dienone is 5. The van der Waals surface area contributed by atoms with E-state index in [1.807, 2.05) is 0 Å². The van der Waals surface area contributed by atoms with Crippen molar-refractivity contribution in [2.45, 2.75) is 45.1 Å². The number of likely N-dealkylation sites (N-methyl/N-ethyl adjacent to an activating group) is 1. The molecule has 1 aromatic carbocycles. The fourth-order valence-corrected chi connectivity index (χ4v) is 4.45. The molecule has 1 heterocycles. The molecular formula is C23H27NO. The van der Waals surface area contributed by atoms with Crippen molar-refractivity contribution in [3.8, 4) is 0 Å². The molecule has 0 fully saturated rings. The Morgan fingerprint density at radius 1 is 1.08 bits per heavy atom. The van der Waals surface area contributed by atoms with E-state index in [-0.39, 0.29) is 5.54 Å². The molecule has 2 aliphatic carbocycles. The molecule has 0 amide bonds. The summed E-state index contributed by atoms with van der Waals surface area (Å²) < 4.78 is 6.15. The van der Waals surface area contributed by atoms with Gasteiger partial charge in [0.25, 0.3) is 0 Å². The molecule has 3 aliphatic rings. The third-order valence-corrected chi connectivity index (χ3v) is 5.57. The van der Waals surface area contributed by atoms with E-state index in [0.717, 1.165) is 12.3 Å². The van der Waals surface area contributed by atoms with Gasteiger partial charge in [-0.25, -0.2) is 0 Å². The molecule has 4 rings (SSSR count). The number of hydrogen-bond donors (Lipinski definition) is 0. The second kappa shape index (κ2) is 6.59. The first kappa shape index (κ1) is 16.3. The zero-order valence-electron chi connectivity index (χ0n) is 15.3. The summed E-state index contributed by atoms with van der Waals surface area (Å²) >= 11 is 0. The third kappa shape index (κ3) is 2.64. The van der Waals surface area contributed by atoms with Gasteiger partial charge in [0.2, 0.25) is 0 Å². The molecule has 1 aromatic rings. The average molecular weight is 333 g/mol. The molecule has 0 bridgehead atoms. The van der Waals surface area contributed by atoms with Gasteiger partial charge in [0.1, 0.15) is 11.3 Å². The molecule has 1 aliphatic heterocycles. The lowest BCUT2D eigenvalue weighted by atomic mass is 9.84. The summed E-state index contributed by atoms with van der Waals surface area (Å²) in [7, 11) is 0. The van der Waals surface area contributed by atoms with Gasteiger partial charge in [-0.2, -0.15) is 0 Å². The molecule has 1 spiro atoms. The monoisotopic (exact) mass is 333 g/mol. The minimum atomic E-state index is -0.258. The first-order valence-electron chi connectivity index (χ1n) is 9.60. The van der Waals surface area contributed by atoms with Crippen LogP contribution >= 0.6 is 0 Å². The summed E-state index contributed by atoms with van der Waals surface area (Å²) in [6, 6.07) is 10.6. The number of hydrogen-bond acceptors (Lipinski definition) is 2. The van der Waals surface area contributed by atoms with Crippen LogP contribution in [0, 0.1) is 0 Å². The first-order valence-corrected chi connectivity index (χ1v) is 9.60. The summed E-state index contributed by atoms with van der Waals surface area (Å²) in [6.07, 6.45) is 14.3. The van der Waals surface area contributed by atoms with Gasteiger partial charge < -0.3 is 9.64 Å². The molecule has 0 N–H and O–H groups in total. The molecule has 0 radical (unpaired) electrons. The van der Waals surface area contributed by atoms with Crippen LogP contribution in [0.5, 0.6) is 0 Å². The van der Waals surface area contributed by atoms with Crippen LogP contribution in [0.25, 0.3) is 5.57 Å². The lowest BCUT2D eigenvalue weighted by molar-refractivity contribution is 0.134. The Hall–Kier alpha value is -2.22. The summed E-state index contributed by atoms with van der Waals surface area (Å²) in [4.78, 5) is 2.57. The Labute approximate surface area is 151 Å². The van der Waals surface area contributed by atoms with Crippen molar-refractivity contribution in [2.24, 2.45) is 0 Å². The molecule has 2 nitrogen and oxygen atoms in total. The second-order valence-corrected chi connectivity index (χ2v) is 6.99. The van der Waals surface area contributed by atoms with Crippen LogP contribution in [0.2, 0.25) is 0 Å². The molecule has 0 aromatic heterocycles. The molecule has 1 atom stereocenters. The van der Waals surface area contributed by atoms with Crippen LogP contribution in [0.4, 0.5) is 0 Å². The van der Waals surface area contributed by atoms with E-state index in [0.29, 0.717) is 6.61 Å². The zero-order chi connectivity index (χ0) is 17.3. The zero-order valence-corrected chi connectivity index (χ0v) is 15.3. The van der Waals surface area contributed by atoms with E-state index >= 15 is 0 Å². The van der Waals surface area contributed by atoms with Crippen molar-refractivity contribution in [2.75, 3.05) is 13.2 Å². The Bertz CT molecular complexity index is 769. The minimum Gasteiger partial charge on any atom is -0.495 e. The summed E-state index contributed by atoms with van der Waals surface area (Å²) in [5.41, 5.74) is 5.30. The average Bonchev–Trinajstić information content (AvgIpc) is 3.02. The summed E-state index contributed by atoms with van der Waals surface area (Å²) in [5.74, 6) is 1.06. The molecule has 1 unspecified atom stereocenters. The highest BCUT2D eigenvalue weighted by Gasteiger charge is 2.44. The van der Waals surface area contributed by atoms with Crippen LogP contribution in [0.15, 0.2) is 71.7 Å². The number of ether oxygens (including phenoxy) is 1. The van der Waals surface area contributed by atoms with Gasteiger partial charge in [-0.3, -0.25) is 0 Å². The molecule has 2 heteroatoms. The maximum atomic E-state index is 6.15. The maximum Gasteiger partial charge on any atom is 0.136 e. The van der Waals surface area contributed by atoms with Crippen molar-refractivity contribution in [3.05, 3.63) is 77.2 Å². The minimum absolute atomic E-state index is 0.258. The van der Waals surface area contributed by atoms with Gasteiger partial charge in [-0.15, -0.1) is 0 Å². The normalized spacial score (nSPS) is 25.1. The molecule has 25 heavy (non-hydrogen) atoms. The van der Waals surface area contributed by atoms with Gasteiger partial charge in [-0.05, 0) is 74.5 Å². The second-order valence-electron chi connectivity index (χ2n) is 6.99. The predicted molar refractivity (Wildman–Crippen MR) is 104 cm³/mol. The fraction of sp³-hybridized carbons (Fsp3) is 0.391. The van der Waals surface area contributed by atoms with Crippen molar-refractivity contribution in [1.82, 2.24) is 4.90 Å². The number of benzene rings is 1. The highest BCUT2D eigenvalue weighted by Crippen LogP contribution is 2.46. The highest BCUT2D eigenvalue weighted by atomic mass is 16.5. The summed E-state index contributed by atoms with van der Waals surface area (Å²) in [6.45, 7) is 6.02. The highest BCUT2D eigenvalue weighted by molar-refractivity contribution is 5.81. The van der Waals surface area contributed by atoms with Gasteiger partial charge in [-0.1, -0.05) is 36.4 Å². The Morgan fingerprint density at radius 2 is 1.88 bits per heavy atom. The van der Waals surface area contributed by atoms with Crippen LogP contribution in [0.1, 0.15) is 45.1 Å². The maximum absolute atomic E-state index is 6.15. The smallest absolute Gasteiger partial charge is 0.136 e. The van der Waals surface area contributed by atoms with E-state index in [1.54, 1.807) is 0 Å². The van der Waals surface area contributed by atoms with Gasteiger partial charge in [0.05, 0.1) is 6.61 Å². The molecule has 0 saturated carbocycles. The van der Waals surface area contributed by atoms with Crippen molar-refractivity contribution in [3.63, 3.8) is 0 Å². The quantitative estimate of drug-likeness (QED) is 0.725. The van der Waals surface area contributed by atoms with E-state index in [2.05, 4.69) is 73.4 Å². The molecule has 130 valence electrons. The lowest BCUT2D eigenvalue weighted by Crippen LogP contribution is -2.48. The summed E-state index contributed by atoms with van der Waals surface area (Å²) in [5, 5.41) is 0. The van der Waals surface area contributed by atoms with Crippen LogP contribution in [0.3, 0.4) is 0 Å². The lowest BCUT2D eigenvalue weighted by Gasteiger charge is -2.46. The van der Waals surface area contributed by atoms with Crippen molar-refractivity contribution < 1.29 is 4.74 Å². The standard InChI is InChI=1S/C23H27NO/c1-3-24-21-13-9-8-12-19(21)14-15-23(24)17-20(16-22(23)25-4-2)18-10-6-5-7-11-18/h5-7,10-11,14-17H,3-4,8-9,12-13H2,1-2H3. The fourth-order valence-electron chi connectivity index (χ4n) is 4.45. The topological polar surface area (TPSA) is 12.5 Å². The largest absolute Gasteiger partial charge is 0.495 e. The van der Waals surface area contributed by atoms with E-state index < -0.39 is 0 Å².